The van der Waals surface area contributed by atoms with Gasteiger partial charge in [-0.25, -0.2) is 9.97 Å². The maximum Gasteiger partial charge on any atom is 0.161 e. The van der Waals surface area contributed by atoms with E-state index in [1.54, 1.807) is 0 Å². The second kappa shape index (κ2) is 7.25. The number of hydrogen-bond acceptors (Lipinski definition) is 5. The van der Waals surface area contributed by atoms with E-state index >= 15 is 0 Å². The average Bonchev–Trinajstić information content (AvgIpc) is 3.17. The van der Waals surface area contributed by atoms with E-state index < -0.39 is 0 Å². The number of benzene rings is 2. The Labute approximate surface area is 162 Å². The first kappa shape index (κ1) is 17.3. The quantitative estimate of drug-likeness (QED) is 0.278. The second-order valence-electron chi connectivity index (χ2n) is 6.40. The maximum atomic E-state index is 6.13. The zero-order valence-corrected chi connectivity index (χ0v) is 15.4. The number of nitrogens with one attached hydrogen (secondary N) is 1. The van der Waals surface area contributed by atoms with Crippen LogP contribution < -0.4 is 16.9 Å². The van der Waals surface area contributed by atoms with Gasteiger partial charge in [0.1, 0.15) is 11.7 Å². The predicted octanol–water partition coefficient (Wildman–Crippen LogP) is 3.61. The van der Waals surface area contributed by atoms with Crippen LogP contribution in [-0.2, 0) is 12.8 Å². The van der Waals surface area contributed by atoms with Crippen molar-refractivity contribution in [3.63, 3.8) is 0 Å². The molecule has 0 radical (unpaired) electrons. The molecule has 4 rings (SSSR count). The maximum absolute atomic E-state index is 6.13. The zero-order chi connectivity index (χ0) is 18.8. The lowest BCUT2D eigenvalue weighted by Crippen LogP contribution is -2.15. The third kappa shape index (κ3) is 3.57. The summed E-state index contributed by atoms with van der Waals surface area (Å²) in [7, 11) is 0. The second-order valence-corrected chi connectivity index (χ2v) is 6.84. The van der Waals surface area contributed by atoms with Crippen molar-refractivity contribution in [2.24, 2.45) is 16.7 Å². The molecule has 0 fully saturated rings. The number of rotatable bonds is 4. The average molecular weight is 379 g/mol. The molecule has 0 amide bonds. The first-order chi connectivity index (χ1) is 13.1. The van der Waals surface area contributed by atoms with Gasteiger partial charge in [-0.3, -0.25) is 0 Å². The molecule has 5 N–H and O–H groups in total. The van der Waals surface area contributed by atoms with Crippen LogP contribution >= 0.6 is 11.6 Å². The molecule has 0 saturated carbocycles. The molecule has 1 aromatic heterocycles. The molecule has 1 aliphatic carbocycles. The highest BCUT2D eigenvalue weighted by molar-refractivity contribution is 6.30. The molecule has 1 heterocycles. The molecule has 6 nitrogen and oxygen atoms in total. The molecule has 0 saturated heterocycles. The fourth-order valence-corrected chi connectivity index (χ4v) is 3.42. The van der Waals surface area contributed by atoms with Gasteiger partial charge >= 0.3 is 0 Å². The number of aryl methyl sites for hydroxylation is 1. The zero-order valence-electron chi connectivity index (χ0n) is 14.6. The van der Waals surface area contributed by atoms with Crippen LogP contribution in [0.2, 0.25) is 5.02 Å². The van der Waals surface area contributed by atoms with Gasteiger partial charge in [-0.05, 0) is 55.7 Å². The van der Waals surface area contributed by atoms with Crippen molar-refractivity contribution >= 4 is 28.9 Å². The summed E-state index contributed by atoms with van der Waals surface area (Å²) in [5, 5.41) is 7.60. The van der Waals surface area contributed by atoms with E-state index in [1.807, 2.05) is 48.5 Å². The minimum absolute atomic E-state index is 0.299. The Morgan fingerprint density at radius 1 is 1.07 bits per heavy atom. The summed E-state index contributed by atoms with van der Waals surface area (Å²) in [5.41, 5.74) is 10.6. The van der Waals surface area contributed by atoms with Crippen LogP contribution in [0, 0.1) is 0 Å². The summed E-state index contributed by atoms with van der Waals surface area (Å²) < 4.78 is 0. The summed E-state index contributed by atoms with van der Waals surface area (Å²) in [4.78, 5) is 9.53. The van der Waals surface area contributed by atoms with Crippen LogP contribution in [0.5, 0.6) is 0 Å². The number of amidine groups is 1. The SMILES string of the molecule is NN=C(N)c1ccc(Nc2nc(-c3cccc(Cl)c3)nc3c2CCC3)cc1. The van der Waals surface area contributed by atoms with Crippen molar-refractivity contribution in [2.45, 2.75) is 19.3 Å². The number of nitrogens with two attached hydrogens (primary N) is 2. The molecule has 2 aromatic carbocycles. The summed E-state index contributed by atoms with van der Waals surface area (Å²) in [5.74, 6) is 7.04. The van der Waals surface area contributed by atoms with Crippen molar-refractivity contribution in [3.8, 4) is 11.4 Å². The Bertz CT molecular complexity index is 1010. The van der Waals surface area contributed by atoms with E-state index in [2.05, 4.69) is 10.4 Å². The Morgan fingerprint density at radius 2 is 1.89 bits per heavy atom. The van der Waals surface area contributed by atoms with E-state index in [-0.39, 0.29) is 0 Å². The summed E-state index contributed by atoms with van der Waals surface area (Å²) in [6, 6.07) is 15.2. The van der Waals surface area contributed by atoms with Crippen molar-refractivity contribution in [1.29, 1.82) is 0 Å². The lowest BCUT2D eigenvalue weighted by Gasteiger charge is -2.13. The number of hydrazone groups is 1. The Balaban J connectivity index is 1.70. The van der Waals surface area contributed by atoms with Crippen molar-refractivity contribution in [1.82, 2.24) is 9.97 Å². The summed E-state index contributed by atoms with van der Waals surface area (Å²) in [6.45, 7) is 0. The third-order valence-corrected chi connectivity index (χ3v) is 4.83. The molecule has 7 heteroatoms. The van der Waals surface area contributed by atoms with Gasteiger partial charge < -0.3 is 16.9 Å². The molecule has 1 aliphatic rings. The fraction of sp³-hybridized carbons (Fsp3) is 0.150. The molecule has 0 aliphatic heterocycles. The molecule has 27 heavy (non-hydrogen) atoms. The van der Waals surface area contributed by atoms with Crippen LogP contribution in [0.25, 0.3) is 11.4 Å². The van der Waals surface area contributed by atoms with Crippen molar-refractivity contribution in [2.75, 3.05) is 5.32 Å². The van der Waals surface area contributed by atoms with Gasteiger partial charge in [-0.2, -0.15) is 5.10 Å². The van der Waals surface area contributed by atoms with Crippen molar-refractivity contribution in [3.05, 3.63) is 70.4 Å². The molecular formula is C20H19ClN6. The normalized spacial score (nSPS) is 13.4. The first-order valence-corrected chi connectivity index (χ1v) is 9.08. The van der Waals surface area contributed by atoms with E-state index in [0.717, 1.165) is 47.6 Å². The van der Waals surface area contributed by atoms with Crippen molar-refractivity contribution < 1.29 is 0 Å². The minimum atomic E-state index is 0.299. The van der Waals surface area contributed by atoms with E-state index in [0.29, 0.717) is 16.7 Å². The lowest BCUT2D eigenvalue weighted by atomic mass is 10.1. The van der Waals surface area contributed by atoms with E-state index in [1.165, 1.54) is 5.56 Å². The smallest absolute Gasteiger partial charge is 0.161 e. The molecule has 0 spiro atoms. The highest BCUT2D eigenvalue weighted by atomic mass is 35.5. The van der Waals surface area contributed by atoms with Crippen LogP contribution in [0.4, 0.5) is 11.5 Å². The van der Waals surface area contributed by atoms with Gasteiger partial charge in [-0.15, -0.1) is 0 Å². The number of aromatic nitrogens is 2. The monoisotopic (exact) mass is 378 g/mol. The van der Waals surface area contributed by atoms with Gasteiger partial charge in [0, 0.05) is 33.1 Å². The Hall–Kier alpha value is -3.12. The predicted molar refractivity (Wildman–Crippen MR) is 109 cm³/mol. The Kier molecular flexibility index (Phi) is 4.64. The highest BCUT2D eigenvalue weighted by Gasteiger charge is 2.20. The fourth-order valence-electron chi connectivity index (χ4n) is 3.23. The molecule has 0 atom stereocenters. The molecule has 0 unspecified atom stereocenters. The largest absolute Gasteiger partial charge is 0.382 e. The van der Waals surface area contributed by atoms with Gasteiger partial charge in [-0.1, -0.05) is 23.7 Å². The van der Waals surface area contributed by atoms with Crippen LogP contribution in [0.3, 0.4) is 0 Å². The third-order valence-electron chi connectivity index (χ3n) is 4.60. The number of fused-ring (bicyclic) bond motifs is 1. The van der Waals surface area contributed by atoms with Gasteiger partial charge in [0.05, 0.1) is 0 Å². The molecule has 0 bridgehead atoms. The van der Waals surface area contributed by atoms with Gasteiger partial charge in [0.15, 0.2) is 5.82 Å². The summed E-state index contributed by atoms with van der Waals surface area (Å²) in [6.07, 6.45) is 3.01. The Morgan fingerprint density at radius 3 is 2.63 bits per heavy atom. The lowest BCUT2D eigenvalue weighted by molar-refractivity contribution is 0.900. The molecular weight excluding hydrogens is 360 g/mol. The van der Waals surface area contributed by atoms with Crippen LogP contribution in [0.1, 0.15) is 23.2 Å². The topological polar surface area (TPSA) is 102 Å². The van der Waals surface area contributed by atoms with E-state index in [9.17, 15) is 0 Å². The minimum Gasteiger partial charge on any atom is -0.382 e. The van der Waals surface area contributed by atoms with E-state index in [4.69, 9.17) is 33.1 Å². The van der Waals surface area contributed by atoms with Gasteiger partial charge in [0.2, 0.25) is 0 Å². The van der Waals surface area contributed by atoms with Gasteiger partial charge in [0.25, 0.3) is 0 Å². The van der Waals surface area contributed by atoms with Crippen LogP contribution in [-0.4, -0.2) is 15.8 Å². The molecule has 136 valence electrons. The van der Waals surface area contributed by atoms with Crippen LogP contribution in [0.15, 0.2) is 53.6 Å². The highest BCUT2D eigenvalue weighted by Crippen LogP contribution is 2.31. The number of anilines is 2. The summed E-state index contributed by atoms with van der Waals surface area (Å²) >= 11 is 6.13. The first-order valence-electron chi connectivity index (χ1n) is 8.70. The number of halogens is 1. The number of hydrogen-bond donors (Lipinski definition) is 3. The molecule has 3 aromatic rings. The number of nitrogens with zero attached hydrogens (tertiary/aromatic N) is 3. The standard InChI is InChI=1S/C20H19ClN6/c21-14-4-1-3-13(11-14)19-25-17-6-2-5-16(17)20(26-19)24-15-9-7-12(8-10-15)18(22)27-23/h1,3-4,7-11H,2,5-6,23H2,(H2,22,27)(H,24,25,26).